The molecule has 0 bridgehead atoms. The van der Waals surface area contributed by atoms with Crippen molar-refractivity contribution in [3.05, 3.63) is 53.3 Å². The van der Waals surface area contributed by atoms with E-state index < -0.39 is 0 Å². The third-order valence-electron chi connectivity index (χ3n) is 4.18. The topological polar surface area (TPSA) is 72.2 Å². The normalized spacial score (nSPS) is 12.5. The molecule has 1 aromatic carbocycles. The number of hydrogen-bond donors (Lipinski definition) is 1. The van der Waals surface area contributed by atoms with Crippen LogP contribution in [-0.2, 0) is 4.79 Å². The van der Waals surface area contributed by atoms with Crippen LogP contribution in [0.1, 0.15) is 43.3 Å². The predicted octanol–water partition coefficient (Wildman–Crippen LogP) is 3.74. The van der Waals surface area contributed by atoms with E-state index in [1.807, 2.05) is 38.1 Å². The fourth-order valence-corrected chi connectivity index (χ4v) is 3.64. The molecule has 142 valence electrons. The minimum absolute atomic E-state index is 0.0138. The number of aryl methyl sites for hydroxylation is 2. The standard InChI is InChI=1S/C20H25N5OS/c1-13(2)10-17(16-8-6-5-7-9-16)22-18(26)12-27-20-23-19-21-14(3)11-15(4)25(19)24-20/h5-9,11,13,17H,10,12H2,1-4H3,(H,22,26)/t17-/m1/s1. The molecular formula is C20H25N5OS. The molecule has 2 heterocycles. The second-order valence-electron chi connectivity index (χ2n) is 7.09. The van der Waals surface area contributed by atoms with Crippen molar-refractivity contribution in [1.82, 2.24) is 24.9 Å². The number of nitrogens with one attached hydrogen (secondary N) is 1. The van der Waals surface area contributed by atoms with Gasteiger partial charge in [-0.15, -0.1) is 5.10 Å². The van der Waals surface area contributed by atoms with Crippen molar-refractivity contribution in [2.75, 3.05) is 5.75 Å². The lowest BCUT2D eigenvalue weighted by molar-refractivity contribution is -0.119. The molecule has 0 saturated heterocycles. The molecule has 0 aliphatic heterocycles. The molecule has 27 heavy (non-hydrogen) atoms. The zero-order chi connectivity index (χ0) is 19.4. The zero-order valence-electron chi connectivity index (χ0n) is 16.1. The Balaban J connectivity index is 1.65. The van der Waals surface area contributed by atoms with Crippen LogP contribution in [0.15, 0.2) is 41.6 Å². The van der Waals surface area contributed by atoms with Crippen molar-refractivity contribution in [2.45, 2.75) is 45.3 Å². The van der Waals surface area contributed by atoms with Crippen LogP contribution in [0.3, 0.4) is 0 Å². The third kappa shape index (κ3) is 5.07. The molecule has 1 atom stereocenters. The zero-order valence-corrected chi connectivity index (χ0v) is 17.0. The molecule has 0 fully saturated rings. The van der Waals surface area contributed by atoms with E-state index in [1.165, 1.54) is 11.8 Å². The summed E-state index contributed by atoms with van der Waals surface area (Å²) in [5.41, 5.74) is 3.01. The largest absolute Gasteiger partial charge is 0.349 e. The second kappa shape index (κ2) is 8.52. The number of thioether (sulfide) groups is 1. The van der Waals surface area contributed by atoms with E-state index in [1.54, 1.807) is 4.52 Å². The van der Waals surface area contributed by atoms with Crippen LogP contribution in [-0.4, -0.2) is 31.2 Å². The smallest absolute Gasteiger partial charge is 0.253 e. The van der Waals surface area contributed by atoms with Gasteiger partial charge in [-0.2, -0.15) is 4.98 Å². The number of rotatable bonds is 7. The Bertz CT molecular complexity index is 923. The van der Waals surface area contributed by atoms with Crippen molar-refractivity contribution < 1.29 is 4.79 Å². The van der Waals surface area contributed by atoms with E-state index in [0.717, 1.165) is 23.4 Å². The van der Waals surface area contributed by atoms with E-state index in [0.29, 0.717) is 16.9 Å². The molecule has 0 spiro atoms. The number of amides is 1. The van der Waals surface area contributed by atoms with Crippen LogP contribution in [0, 0.1) is 19.8 Å². The van der Waals surface area contributed by atoms with Crippen LogP contribution >= 0.6 is 11.8 Å². The Hall–Kier alpha value is -2.41. The van der Waals surface area contributed by atoms with Crippen molar-refractivity contribution in [3.63, 3.8) is 0 Å². The maximum atomic E-state index is 12.5. The lowest BCUT2D eigenvalue weighted by Gasteiger charge is -2.21. The number of carbonyl (C=O) groups excluding carboxylic acids is 1. The molecule has 0 aliphatic carbocycles. The first-order chi connectivity index (χ1) is 12.9. The molecule has 3 rings (SSSR count). The number of aromatic nitrogens is 4. The van der Waals surface area contributed by atoms with Crippen LogP contribution in [0.5, 0.6) is 0 Å². The highest BCUT2D eigenvalue weighted by Gasteiger charge is 2.17. The Labute approximate surface area is 163 Å². The first-order valence-electron chi connectivity index (χ1n) is 9.10. The number of hydrogen-bond acceptors (Lipinski definition) is 5. The average molecular weight is 384 g/mol. The summed E-state index contributed by atoms with van der Waals surface area (Å²) in [5.74, 6) is 1.31. The third-order valence-corrected chi connectivity index (χ3v) is 5.01. The molecule has 1 N–H and O–H groups in total. The van der Waals surface area contributed by atoms with Gasteiger partial charge in [0.05, 0.1) is 11.8 Å². The van der Waals surface area contributed by atoms with Gasteiger partial charge < -0.3 is 5.32 Å². The van der Waals surface area contributed by atoms with Crippen LogP contribution in [0.25, 0.3) is 5.78 Å². The van der Waals surface area contributed by atoms with Gasteiger partial charge in [0.25, 0.3) is 5.78 Å². The second-order valence-corrected chi connectivity index (χ2v) is 8.04. The highest BCUT2D eigenvalue weighted by Crippen LogP contribution is 2.22. The molecule has 3 aromatic rings. The molecule has 7 heteroatoms. The number of carbonyl (C=O) groups is 1. The van der Waals surface area contributed by atoms with Gasteiger partial charge >= 0.3 is 0 Å². The molecular weight excluding hydrogens is 358 g/mol. The molecule has 2 aromatic heterocycles. The lowest BCUT2D eigenvalue weighted by atomic mass is 9.97. The SMILES string of the molecule is Cc1cc(C)n2nc(SCC(=O)N[C@H](CC(C)C)c3ccccc3)nc2n1. The summed E-state index contributed by atoms with van der Waals surface area (Å²) >= 11 is 1.33. The van der Waals surface area contributed by atoms with Gasteiger partial charge in [0.1, 0.15) is 0 Å². The highest BCUT2D eigenvalue weighted by molar-refractivity contribution is 7.99. The number of fused-ring (bicyclic) bond motifs is 1. The summed E-state index contributed by atoms with van der Waals surface area (Å²) in [4.78, 5) is 21.3. The van der Waals surface area contributed by atoms with Gasteiger partial charge in [-0.05, 0) is 37.8 Å². The van der Waals surface area contributed by atoms with Crippen molar-refractivity contribution in [2.24, 2.45) is 5.92 Å². The summed E-state index contributed by atoms with van der Waals surface area (Å²) in [6.45, 7) is 8.22. The van der Waals surface area contributed by atoms with E-state index in [-0.39, 0.29) is 17.7 Å². The molecule has 0 saturated carbocycles. The van der Waals surface area contributed by atoms with Crippen molar-refractivity contribution >= 4 is 23.4 Å². The predicted molar refractivity (Wildman–Crippen MR) is 108 cm³/mol. The maximum Gasteiger partial charge on any atom is 0.253 e. The Morgan fingerprint density at radius 3 is 2.63 bits per heavy atom. The van der Waals surface area contributed by atoms with E-state index in [4.69, 9.17) is 0 Å². The molecule has 0 unspecified atom stereocenters. The van der Waals surface area contributed by atoms with E-state index >= 15 is 0 Å². The number of benzene rings is 1. The van der Waals surface area contributed by atoms with E-state index in [2.05, 4.69) is 46.4 Å². The molecule has 1 amide bonds. The highest BCUT2D eigenvalue weighted by atomic mass is 32.2. The van der Waals surface area contributed by atoms with Gasteiger partial charge in [-0.3, -0.25) is 4.79 Å². The molecule has 0 radical (unpaired) electrons. The number of nitrogens with zero attached hydrogens (tertiary/aromatic N) is 4. The van der Waals surface area contributed by atoms with Crippen LogP contribution in [0.2, 0.25) is 0 Å². The van der Waals surface area contributed by atoms with Crippen molar-refractivity contribution in [1.29, 1.82) is 0 Å². The fourth-order valence-electron chi connectivity index (χ4n) is 3.01. The summed E-state index contributed by atoms with van der Waals surface area (Å²) < 4.78 is 1.71. The lowest BCUT2D eigenvalue weighted by Crippen LogP contribution is -2.30. The molecule has 0 aliphatic rings. The van der Waals surface area contributed by atoms with Crippen molar-refractivity contribution in [3.8, 4) is 0 Å². The quantitative estimate of drug-likeness (QED) is 0.629. The maximum absolute atomic E-state index is 12.5. The summed E-state index contributed by atoms with van der Waals surface area (Å²) in [6, 6.07) is 12.1. The first kappa shape index (κ1) is 19.4. The Morgan fingerprint density at radius 1 is 1.19 bits per heavy atom. The minimum atomic E-state index is -0.0192. The van der Waals surface area contributed by atoms with Gasteiger partial charge in [0.15, 0.2) is 0 Å². The van der Waals surface area contributed by atoms with Gasteiger partial charge in [0, 0.05) is 11.4 Å². The Morgan fingerprint density at radius 2 is 1.93 bits per heavy atom. The monoisotopic (exact) mass is 383 g/mol. The minimum Gasteiger partial charge on any atom is -0.349 e. The summed E-state index contributed by atoms with van der Waals surface area (Å²) in [7, 11) is 0. The summed E-state index contributed by atoms with van der Waals surface area (Å²) in [5, 5.41) is 8.15. The Kier molecular flexibility index (Phi) is 6.11. The average Bonchev–Trinajstić information content (AvgIpc) is 3.03. The first-order valence-corrected chi connectivity index (χ1v) is 10.1. The van der Waals surface area contributed by atoms with Crippen LogP contribution < -0.4 is 5.32 Å². The van der Waals surface area contributed by atoms with Crippen LogP contribution in [0.4, 0.5) is 0 Å². The summed E-state index contributed by atoms with van der Waals surface area (Å²) in [6.07, 6.45) is 0.898. The molecule has 6 nitrogen and oxygen atoms in total. The van der Waals surface area contributed by atoms with E-state index in [9.17, 15) is 4.79 Å². The van der Waals surface area contributed by atoms with Gasteiger partial charge in [0.2, 0.25) is 11.1 Å². The fraction of sp³-hybridized carbons (Fsp3) is 0.400. The van der Waals surface area contributed by atoms with Gasteiger partial charge in [-0.25, -0.2) is 9.50 Å². The van der Waals surface area contributed by atoms with Gasteiger partial charge in [-0.1, -0.05) is 55.9 Å².